The van der Waals surface area contributed by atoms with E-state index in [1.165, 1.54) is 49.5 Å². The standard InChI is InChI=1S/C16H16N2O5S/c1-10-16(20)17-14-9-13(7-8-15(14)23-10)24(21,22)18(2)11-3-5-12(19)6-4-11/h3-10,19H,1-2H3,(H,17,20). The van der Waals surface area contributed by atoms with Crippen LogP contribution in [0.5, 0.6) is 11.5 Å². The number of phenols is 1. The maximum absolute atomic E-state index is 12.8. The molecule has 0 aliphatic carbocycles. The molecule has 1 amide bonds. The number of carbonyl (C=O) groups is 1. The zero-order valence-electron chi connectivity index (χ0n) is 13.1. The number of aromatic hydroxyl groups is 1. The molecule has 3 rings (SSSR count). The summed E-state index contributed by atoms with van der Waals surface area (Å²) in [5, 5.41) is 11.9. The quantitative estimate of drug-likeness (QED) is 0.884. The van der Waals surface area contributed by atoms with Crippen molar-refractivity contribution < 1.29 is 23.1 Å². The molecule has 0 saturated carbocycles. The molecule has 0 fully saturated rings. The molecule has 0 bridgehead atoms. The number of hydrogen-bond acceptors (Lipinski definition) is 5. The molecule has 2 N–H and O–H groups in total. The SMILES string of the molecule is CC1Oc2ccc(S(=O)(=O)N(C)c3ccc(O)cc3)cc2NC1=O. The van der Waals surface area contributed by atoms with Crippen LogP contribution in [-0.2, 0) is 14.8 Å². The van der Waals surface area contributed by atoms with E-state index in [1.54, 1.807) is 6.92 Å². The second-order valence-electron chi connectivity index (χ2n) is 5.40. The Morgan fingerprint density at radius 3 is 2.50 bits per heavy atom. The van der Waals surface area contributed by atoms with Crippen molar-refractivity contribution in [2.24, 2.45) is 0 Å². The molecule has 1 atom stereocenters. The number of ether oxygens (including phenoxy) is 1. The van der Waals surface area contributed by atoms with Crippen LogP contribution in [0.2, 0.25) is 0 Å². The Labute approximate surface area is 139 Å². The third-order valence-electron chi connectivity index (χ3n) is 3.75. The fourth-order valence-corrected chi connectivity index (χ4v) is 3.53. The third kappa shape index (κ3) is 2.76. The highest BCUT2D eigenvalue weighted by Gasteiger charge is 2.27. The Morgan fingerprint density at radius 2 is 1.83 bits per heavy atom. The van der Waals surface area contributed by atoms with E-state index in [-0.39, 0.29) is 16.6 Å². The van der Waals surface area contributed by atoms with Gasteiger partial charge in [-0.3, -0.25) is 9.10 Å². The van der Waals surface area contributed by atoms with Gasteiger partial charge in [-0.2, -0.15) is 0 Å². The van der Waals surface area contributed by atoms with E-state index in [9.17, 15) is 18.3 Å². The molecule has 126 valence electrons. The van der Waals surface area contributed by atoms with E-state index in [4.69, 9.17) is 4.74 Å². The summed E-state index contributed by atoms with van der Waals surface area (Å²) in [5.74, 6) is 0.143. The number of nitrogens with one attached hydrogen (secondary N) is 1. The Balaban J connectivity index is 1.97. The highest BCUT2D eigenvalue weighted by atomic mass is 32.2. The van der Waals surface area contributed by atoms with Gasteiger partial charge in [0.15, 0.2) is 6.10 Å². The zero-order valence-corrected chi connectivity index (χ0v) is 13.9. The Kier molecular flexibility index (Phi) is 3.84. The average Bonchev–Trinajstić information content (AvgIpc) is 2.55. The van der Waals surface area contributed by atoms with Crippen LogP contribution < -0.4 is 14.4 Å². The summed E-state index contributed by atoms with van der Waals surface area (Å²) in [7, 11) is -2.41. The summed E-state index contributed by atoms with van der Waals surface area (Å²) in [6, 6.07) is 10.1. The predicted molar refractivity (Wildman–Crippen MR) is 88.9 cm³/mol. The van der Waals surface area contributed by atoms with E-state index in [0.717, 1.165) is 4.31 Å². The number of rotatable bonds is 3. The van der Waals surface area contributed by atoms with Gasteiger partial charge < -0.3 is 15.2 Å². The summed E-state index contributed by atoms with van der Waals surface area (Å²) in [5.41, 5.74) is 0.720. The van der Waals surface area contributed by atoms with Crippen molar-refractivity contribution in [3.8, 4) is 11.5 Å². The lowest BCUT2D eigenvalue weighted by molar-refractivity contribution is -0.122. The molecule has 0 aromatic heterocycles. The van der Waals surface area contributed by atoms with Crippen molar-refractivity contribution in [1.29, 1.82) is 0 Å². The number of fused-ring (bicyclic) bond motifs is 1. The summed E-state index contributed by atoms with van der Waals surface area (Å²) < 4.78 is 32.0. The molecular weight excluding hydrogens is 332 g/mol. The summed E-state index contributed by atoms with van der Waals surface area (Å²) in [4.78, 5) is 11.7. The second kappa shape index (κ2) is 5.72. The maximum atomic E-state index is 12.8. The highest BCUT2D eigenvalue weighted by molar-refractivity contribution is 7.92. The largest absolute Gasteiger partial charge is 0.508 e. The van der Waals surface area contributed by atoms with Gasteiger partial charge in [0.1, 0.15) is 11.5 Å². The van der Waals surface area contributed by atoms with Gasteiger partial charge in [-0.1, -0.05) is 0 Å². The lowest BCUT2D eigenvalue weighted by Crippen LogP contribution is -2.34. The van der Waals surface area contributed by atoms with E-state index < -0.39 is 16.1 Å². The molecule has 7 nitrogen and oxygen atoms in total. The normalized spacial score (nSPS) is 16.8. The van der Waals surface area contributed by atoms with Crippen molar-refractivity contribution in [3.63, 3.8) is 0 Å². The van der Waals surface area contributed by atoms with Gasteiger partial charge in [-0.15, -0.1) is 0 Å². The fraction of sp³-hybridized carbons (Fsp3) is 0.188. The number of phenolic OH excluding ortho intramolecular Hbond substituents is 1. The number of nitrogens with zero attached hydrogens (tertiary/aromatic N) is 1. The molecule has 2 aromatic rings. The van der Waals surface area contributed by atoms with Crippen molar-refractivity contribution in [2.75, 3.05) is 16.7 Å². The molecule has 0 radical (unpaired) electrons. The summed E-state index contributed by atoms with van der Waals surface area (Å²) in [6.45, 7) is 1.61. The molecular formula is C16H16N2O5S. The first-order valence-electron chi connectivity index (χ1n) is 7.18. The van der Waals surface area contributed by atoms with E-state index in [1.807, 2.05) is 0 Å². The van der Waals surface area contributed by atoms with Gasteiger partial charge in [0.2, 0.25) is 0 Å². The smallest absolute Gasteiger partial charge is 0.265 e. The molecule has 0 spiro atoms. The topological polar surface area (TPSA) is 95.9 Å². The summed E-state index contributed by atoms with van der Waals surface area (Å²) >= 11 is 0. The van der Waals surface area contributed by atoms with Crippen LogP contribution in [0.1, 0.15) is 6.92 Å². The fourth-order valence-electron chi connectivity index (χ4n) is 2.31. The van der Waals surface area contributed by atoms with E-state index in [2.05, 4.69) is 5.32 Å². The lowest BCUT2D eigenvalue weighted by atomic mass is 10.2. The second-order valence-corrected chi connectivity index (χ2v) is 7.37. The zero-order chi connectivity index (χ0) is 17.5. The minimum absolute atomic E-state index is 0.0234. The van der Waals surface area contributed by atoms with Crippen molar-refractivity contribution in [1.82, 2.24) is 0 Å². The maximum Gasteiger partial charge on any atom is 0.265 e. The molecule has 1 aliphatic heterocycles. The molecule has 1 unspecified atom stereocenters. The number of benzene rings is 2. The van der Waals surface area contributed by atoms with Gasteiger partial charge >= 0.3 is 0 Å². The van der Waals surface area contributed by atoms with Crippen LogP contribution in [0.3, 0.4) is 0 Å². The van der Waals surface area contributed by atoms with Gasteiger partial charge in [0.25, 0.3) is 15.9 Å². The van der Waals surface area contributed by atoms with Gasteiger partial charge in [0.05, 0.1) is 16.3 Å². The Hall–Kier alpha value is -2.74. The first-order valence-corrected chi connectivity index (χ1v) is 8.62. The number of amides is 1. The molecule has 24 heavy (non-hydrogen) atoms. The number of sulfonamides is 1. The molecule has 0 saturated heterocycles. The third-order valence-corrected chi connectivity index (χ3v) is 5.54. The minimum Gasteiger partial charge on any atom is -0.508 e. The Bertz CT molecular complexity index is 893. The van der Waals surface area contributed by atoms with Crippen LogP contribution in [-0.4, -0.2) is 32.6 Å². The average molecular weight is 348 g/mol. The molecule has 8 heteroatoms. The van der Waals surface area contributed by atoms with Crippen molar-refractivity contribution in [3.05, 3.63) is 42.5 Å². The Morgan fingerprint density at radius 1 is 1.17 bits per heavy atom. The number of hydrogen-bond donors (Lipinski definition) is 2. The number of carbonyl (C=O) groups excluding carboxylic acids is 1. The highest BCUT2D eigenvalue weighted by Crippen LogP contribution is 2.33. The predicted octanol–water partition coefficient (Wildman–Crippen LogP) is 1.94. The summed E-state index contributed by atoms with van der Waals surface area (Å²) in [6.07, 6.45) is -0.625. The minimum atomic E-state index is -3.82. The molecule has 1 aliphatic rings. The molecule has 1 heterocycles. The lowest BCUT2D eigenvalue weighted by Gasteiger charge is -2.25. The van der Waals surface area contributed by atoms with Crippen LogP contribution in [0.4, 0.5) is 11.4 Å². The van der Waals surface area contributed by atoms with Gasteiger partial charge in [-0.05, 0) is 49.4 Å². The van der Waals surface area contributed by atoms with Crippen LogP contribution in [0.15, 0.2) is 47.4 Å². The first-order chi connectivity index (χ1) is 11.3. The van der Waals surface area contributed by atoms with Crippen LogP contribution in [0.25, 0.3) is 0 Å². The van der Waals surface area contributed by atoms with Gasteiger partial charge in [-0.25, -0.2) is 8.42 Å². The van der Waals surface area contributed by atoms with Gasteiger partial charge in [0, 0.05) is 7.05 Å². The molecule has 2 aromatic carbocycles. The van der Waals surface area contributed by atoms with Crippen molar-refractivity contribution in [2.45, 2.75) is 17.9 Å². The van der Waals surface area contributed by atoms with Crippen LogP contribution >= 0.6 is 0 Å². The van der Waals surface area contributed by atoms with Crippen LogP contribution in [0, 0.1) is 0 Å². The van der Waals surface area contributed by atoms with E-state index in [0.29, 0.717) is 17.1 Å². The monoisotopic (exact) mass is 348 g/mol. The first kappa shape index (κ1) is 16.1. The number of anilines is 2. The van der Waals surface area contributed by atoms with Crippen molar-refractivity contribution >= 4 is 27.3 Å². The van der Waals surface area contributed by atoms with E-state index >= 15 is 0 Å².